The van der Waals surface area contributed by atoms with Crippen molar-refractivity contribution < 1.29 is 14.0 Å². The van der Waals surface area contributed by atoms with Crippen LogP contribution in [0.1, 0.15) is 48.3 Å². The number of benzene rings is 3. The van der Waals surface area contributed by atoms with Crippen molar-refractivity contribution in [3.05, 3.63) is 124 Å². The largest absolute Gasteiger partial charge is 0.362 e. The number of nitrogens with one attached hydrogen (secondary N) is 2. The summed E-state index contributed by atoms with van der Waals surface area (Å²) in [5, 5.41) is 6.10. The molecule has 0 bridgehead atoms. The number of hydrogen-bond donors (Lipinski definition) is 2. The van der Waals surface area contributed by atoms with E-state index in [0.29, 0.717) is 29.7 Å². The Balaban J connectivity index is 1.57. The molecule has 35 heavy (non-hydrogen) atoms. The minimum atomic E-state index is -0.525. The van der Waals surface area contributed by atoms with Crippen LogP contribution in [0.3, 0.4) is 0 Å². The summed E-state index contributed by atoms with van der Waals surface area (Å²) in [6, 6.07) is 24.1. The van der Waals surface area contributed by atoms with Gasteiger partial charge < -0.3 is 10.6 Å². The Morgan fingerprint density at radius 2 is 1.57 bits per heavy atom. The van der Waals surface area contributed by atoms with Crippen LogP contribution < -0.4 is 10.6 Å². The Morgan fingerprint density at radius 3 is 2.29 bits per heavy atom. The Hall–Kier alpha value is -3.99. The highest BCUT2D eigenvalue weighted by molar-refractivity contribution is 6.10. The molecule has 5 rings (SSSR count). The van der Waals surface area contributed by atoms with E-state index in [1.807, 2.05) is 56.3 Å². The van der Waals surface area contributed by atoms with Gasteiger partial charge in [-0.25, -0.2) is 4.39 Å². The Labute approximate surface area is 204 Å². The van der Waals surface area contributed by atoms with Gasteiger partial charge in [0.05, 0.1) is 5.69 Å². The quantitative estimate of drug-likeness (QED) is 0.486. The summed E-state index contributed by atoms with van der Waals surface area (Å²) in [4.78, 5) is 27.2. The molecule has 5 heteroatoms. The number of para-hydroxylation sites is 1. The topological polar surface area (TPSA) is 58.2 Å². The van der Waals surface area contributed by atoms with Crippen LogP contribution in [0.25, 0.3) is 0 Å². The van der Waals surface area contributed by atoms with Crippen molar-refractivity contribution in [3.8, 4) is 0 Å². The molecule has 0 unspecified atom stereocenters. The van der Waals surface area contributed by atoms with Crippen LogP contribution in [0.4, 0.5) is 10.1 Å². The average molecular weight is 467 g/mol. The second-order valence-corrected chi connectivity index (χ2v) is 9.27. The number of amides is 1. The molecule has 0 saturated heterocycles. The molecule has 2 aliphatic rings. The predicted octanol–water partition coefficient (Wildman–Crippen LogP) is 6.13. The van der Waals surface area contributed by atoms with Crippen molar-refractivity contribution >= 4 is 17.4 Å². The third-order valence-electron chi connectivity index (χ3n) is 6.88. The van der Waals surface area contributed by atoms with Crippen molar-refractivity contribution in [3.63, 3.8) is 0 Å². The maximum Gasteiger partial charge on any atom is 0.254 e. The van der Waals surface area contributed by atoms with E-state index in [1.54, 1.807) is 12.1 Å². The van der Waals surface area contributed by atoms with Gasteiger partial charge in [0.2, 0.25) is 0 Å². The molecule has 176 valence electrons. The first-order valence-electron chi connectivity index (χ1n) is 11.8. The van der Waals surface area contributed by atoms with E-state index < -0.39 is 17.6 Å². The van der Waals surface area contributed by atoms with Crippen LogP contribution in [-0.2, 0) is 9.59 Å². The van der Waals surface area contributed by atoms with Gasteiger partial charge in [0, 0.05) is 34.9 Å². The third-order valence-corrected chi connectivity index (χ3v) is 6.88. The van der Waals surface area contributed by atoms with E-state index in [2.05, 4.69) is 22.8 Å². The zero-order valence-corrected chi connectivity index (χ0v) is 19.8. The fourth-order valence-electron chi connectivity index (χ4n) is 5.15. The van der Waals surface area contributed by atoms with Crippen LogP contribution in [0, 0.1) is 12.7 Å². The fraction of sp³-hybridized carbons (Fsp3) is 0.200. The van der Waals surface area contributed by atoms with Gasteiger partial charge >= 0.3 is 0 Å². The summed E-state index contributed by atoms with van der Waals surface area (Å²) in [5.74, 6) is -1.34. The molecule has 0 fully saturated rings. The zero-order valence-electron chi connectivity index (χ0n) is 19.8. The standard InChI is InChI=1S/C30H27FN2O2/c1-18-12-14-21(15-13-18)28-27(30(35)33-24-11-7-6-10-23(24)31)19(2)32-25-16-22(17-26(34)29(25)28)20-8-4-3-5-9-20/h3-15,22,28,32H,16-17H2,1-2H3,(H,33,35)/t22-,28-/m1/s1. The van der Waals surface area contributed by atoms with Crippen molar-refractivity contribution in [2.45, 2.75) is 38.5 Å². The number of rotatable bonds is 4. The fourth-order valence-corrected chi connectivity index (χ4v) is 5.15. The molecule has 1 heterocycles. The number of allylic oxidation sites excluding steroid dienone is 3. The summed E-state index contributed by atoms with van der Waals surface area (Å²) >= 11 is 0. The molecule has 1 aliphatic heterocycles. The Morgan fingerprint density at radius 1 is 0.886 bits per heavy atom. The maximum absolute atomic E-state index is 14.3. The second kappa shape index (κ2) is 9.34. The molecular weight excluding hydrogens is 439 g/mol. The van der Waals surface area contributed by atoms with Gasteiger partial charge in [-0.2, -0.15) is 0 Å². The highest BCUT2D eigenvalue weighted by atomic mass is 19.1. The number of ketones is 1. The summed E-state index contributed by atoms with van der Waals surface area (Å²) in [6.07, 6.45) is 1.07. The third kappa shape index (κ3) is 4.42. The zero-order chi connectivity index (χ0) is 24.5. The molecule has 3 aromatic rings. The smallest absolute Gasteiger partial charge is 0.254 e. The van der Waals surface area contributed by atoms with E-state index in [4.69, 9.17) is 0 Å². The van der Waals surface area contributed by atoms with Crippen molar-refractivity contribution in [1.29, 1.82) is 0 Å². The van der Waals surface area contributed by atoms with E-state index >= 15 is 0 Å². The number of halogens is 1. The number of hydrogen-bond acceptors (Lipinski definition) is 3. The maximum atomic E-state index is 14.3. The predicted molar refractivity (Wildman–Crippen MR) is 135 cm³/mol. The van der Waals surface area contributed by atoms with Gasteiger partial charge in [-0.05, 0) is 49.4 Å². The van der Waals surface area contributed by atoms with Gasteiger partial charge in [0.15, 0.2) is 5.78 Å². The molecule has 1 amide bonds. The molecule has 2 N–H and O–H groups in total. The number of carbonyl (C=O) groups is 2. The molecule has 0 aromatic heterocycles. The van der Waals surface area contributed by atoms with Gasteiger partial charge in [0.1, 0.15) is 5.82 Å². The van der Waals surface area contributed by atoms with Crippen LogP contribution in [-0.4, -0.2) is 11.7 Å². The molecule has 0 radical (unpaired) electrons. The molecule has 2 atom stereocenters. The molecule has 4 nitrogen and oxygen atoms in total. The minimum Gasteiger partial charge on any atom is -0.362 e. The van der Waals surface area contributed by atoms with Gasteiger partial charge in [-0.1, -0.05) is 72.3 Å². The van der Waals surface area contributed by atoms with Crippen molar-refractivity contribution in [1.82, 2.24) is 5.32 Å². The molecule has 1 aliphatic carbocycles. The average Bonchev–Trinajstić information content (AvgIpc) is 2.85. The second-order valence-electron chi connectivity index (χ2n) is 9.27. The lowest BCUT2D eigenvalue weighted by Crippen LogP contribution is -2.37. The van der Waals surface area contributed by atoms with E-state index in [-0.39, 0.29) is 17.4 Å². The lowest BCUT2D eigenvalue weighted by Gasteiger charge is -2.37. The number of dihydropyridines is 1. The number of aryl methyl sites for hydroxylation is 1. The Bertz CT molecular complexity index is 1360. The lowest BCUT2D eigenvalue weighted by atomic mass is 9.71. The summed E-state index contributed by atoms with van der Waals surface area (Å²) in [6.45, 7) is 3.85. The monoisotopic (exact) mass is 466 g/mol. The SMILES string of the molecule is CC1=C(C(=O)Nc2ccccc2F)[C@@H](c2ccc(C)cc2)C2=C(C[C@@H](c3ccccc3)CC2=O)N1. The van der Waals surface area contributed by atoms with E-state index in [9.17, 15) is 14.0 Å². The van der Waals surface area contributed by atoms with E-state index in [0.717, 1.165) is 22.4 Å². The summed E-state index contributed by atoms with van der Waals surface area (Å²) in [7, 11) is 0. The molecule has 0 saturated carbocycles. The van der Waals surface area contributed by atoms with Crippen LogP contribution >= 0.6 is 0 Å². The van der Waals surface area contributed by atoms with Crippen LogP contribution in [0.2, 0.25) is 0 Å². The van der Waals surface area contributed by atoms with Crippen LogP contribution in [0.5, 0.6) is 0 Å². The minimum absolute atomic E-state index is 0.0295. The van der Waals surface area contributed by atoms with Crippen molar-refractivity contribution in [2.24, 2.45) is 0 Å². The van der Waals surface area contributed by atoms with Gasteiger partial charge in [-0.15, -0.1) is 0 Å². The Kier molecular flexibility index (Phi) is 6.08. The van der Waals surface area contributed by atoms with E-state index in [1.165, 1.54) is 12.1 Å². The van der Waals surface area contributed by atoms with Gasteiger partial charge in [-0.3, -0.25) is 9.59 Å². The molecule has 3 aromatic carbocycles. The van der Waals surface area contributed by atoms with Crippen LogP contribution in [0.15, 0.2) is 101 Å². The normalized spacial score (nSPS) is 19.8. The number of anilines is 1. The van der Waals surface area contributed by atoms with Crippen molar-refractivity contribution in [2.75, 3.05) is 5.32 Å². The lowest BCUT2D eigenvalue weighted by molar-refractivity contribution is -0.116. The first-order valence-corrected chi connectivity index (χ1v) is 11.8. The summed E-state index contributed by atoms with van der Waals surface area (Å²) in [5.41, 5.74) is 5.80. The first-order chi connectivity index (χ1) is 16.9. The summed E-state index contributed by atoms with van der Waals surface area (Å²) < 4.78 is 14.3. The highest BCUT2D eigenvalue weighted by Crippen LogP contribution is 2.45. The molecular formula is C30H27FN2O2. The first kappa shape index (κ1) is 22.8. The number of carbonyl (C=O) groups excluding carboxylic acids is 2. The number of Topliss-reactive ketones (excluding diaryl/α,β-unsaturated/α-hetero) is 1. The van der Waals surface area contributed by atoms with Gasteiger partial charge in [0.25, 0.3) is 5.91 Å². The molecule has 0 spiro atoms. The highest BCUT2D eigenvalue weighted by Gasteiger charge is 2.40.